The molecular formula is C18H20N2O4S. The number of hydrogen-bond acceptors (Lipinski definition) is 5. The van der Waals surface area contributed by atoms with E-state index in [1.807, 2.05) is 37.3 Å². The molecule has 0 saturated heterocycles. The molecule has 0 spiro atoms. The van der Waals surface area contributed by atoms with E-state index in [0.29, 0.717) is 11.4 Å². The predicted octanol–water partition coefficient (Wildman–Crippen LogP) is 1.94. The van der Waals surface area contributed by atoms with Gasteiger partial charge in [-0.25, -0.2) is 0 Å². The van der Waals surface area contributed by atoms with Crippen LogP contribution in [0.1, 0.15) is 28.1 Å². The minimum Gasteiger partial charge on any atom is -0.454 e. The van der Waals surface area contributed by atoms with Crippen LogP contribution in [0.25, 0.3) is 0 Å². The number of ether oxygens (including phenoxy) is 1. The van der Waals surface area contributed by atoms with E-state index in [2.05, 4.69) is 10.6 Å². The second-order valence-electron chi connectivity index (χ2n) is 5.44. The summed E-state index contributed by atoms with van der Waals surface area (Å²) in [7, 11) is 0. The summed E-state index contributed by atoms with van der Waals surface area (Å²) in [5, 5.41) is 6.94. The van der Waals surface area contributed by atoms with Crippen LogP contribution in [0, 0.1) is 0 Å². The van der Waals surface area contributed by atoms with Crippen molar-refractivity contribution in [1.82, 2.24) is 10.6 Å². The van der Waals surface area contributed by atoms with E-state index in [9.17, 15) is 14.4 Å². The molecule has 0 aliphatic rings. The Hall–Kier alpha value is -2.67. The topological polar surface area (TPSA) is 84.5 Å². The molecule has 2 N–H and O–H groups in total. The highest BCUT2D eigenvalue weighted by molar-refractivity contribution is 7.12. The van der Waals surface area contributed by atoms with E-state index in [0.717, 1.165) is 5.56 Å². The molecule has 25 heavy (non-hydrogen) atoms. The Kier molecular flexibility index (Phi) is 7.16. The fourth-order valence-corrected chi connectivity index (χ4v) is 2.70. The maximum atomic E-state index is 11.7. The Morgan fingerprint density at radius 3 is 2.52 bits per heavy atom. The molecule has 6 nitrogen and oxygen atoms in total. The lowest BCUT2D eigenvalue weighted by molar-refractivity contribution is -0.147. The summed E-state index contributed by atoms with van der Waals surface area (Å²) >= 11 is 1.28. The first kappa shape index (κ1) is 18.7. The summed E-state index contributed by atoms with van der Waals surface area (Å²) in [6, 6.07) is 13.2. The first-order chi connectivity index (χ1) is 12.1. The molecule has 1 aromatic heterocycles. The van der Waals surface area contributed by atoms with E-state index < -0.39 is 5.97 Å². The lowest BCUT2D eigenvalue weighted by Crippen LogP contribution is -2.34. The molecule has 0 aliphatic heterocycles. The van der Waals surface area contributed by atoms with Gasteiger partial charge < -0.3 is 15.4 Å². The van der Waals surface area contributed by atoms with E-state index in [4.69, 9.17) is 4.74 Å². The molecule has 0 aliphatic carbocycles. The Labute approximate surface area is 150 Å². The fraction of sp³-hybridized carbons (Fsp3) is 0.278. The zero-order valence-corrected chi connectivity index (χ0v) is 14.7. The number of esters is 1. The molecule has 132 valence electrons. The molecule has 0 radical (unpaired) electrons. The fourth-order valence-electron chi connectivity index (χ4n) is 2.06. The largest absolute Gasteiger partial charge is 0.454 e. The minimum absolute atomic E-state index is 0.158. The Morgan fingerprint density at radius 1 is 1.08 bits per heavy atom. The van der Waals surface area contributed by atoms with Gasteiger partial charge in [-0.1, -0.05) is 43.3 Å². The maximum Gasteiger partial charge on any atom is 0.325 e. The van der Waals surface area contributed by atoms with Crippen LogP contribution < -0.4 is 10.6 Å². The Morgan fingerprint density at radius 2 is 1.84 bits per heavy atom. The molecular weight excluding hydrogens is 340 g/mol. The van der Waals surface area contributed by atoms with Gasteiger partial charge in [-0.05, 0) is 22.9 Å². The minimum atomic E-state index is -0.656. The summed E-state index contributed by atoms with van der Waals surface area (Å²) in [4.78, 5) is 35.5. The van der Waals surface area contributed by atoms with Crippen LogP contribution in [0.15, 0.2) is 47.8 Å². The third-order valence-electron chi connectivity index (χ3n) is 3.48. The average Bonchev–Trinajstić information content (AvgIpc) is 3.18. The lowest BCUT2D eigenvalue weighted by Gasteiger charge is -2.13. The molecule has 2 rings (SSSR count). The zero-order chi connectivity index (χ0) is 18.1. The van der Waals surface area contributed by atoms with Crippen LogP contribution in [0.5, 0.6) is 0 Å². The van der Waals surface area contributed by atoms with E-state index in [1.54, 1.807) is 17.5 Å². The zero-order valence-electron chi connectivity index (χ0n) is 13.9. The highest BCUT2D eigenvalue weighted by Gasteiger charge is 2.12. The van der Waals surface area contributed by atoms with Crippen molar-refractivity contribution in [2.24, 2.45) is 0 Å². The maximum absolute atomic E-state index is 11.7. The van der Waals surface area contributed by atoms with Crippen molar-refractivity contribution in [3.63, 3.8) is 0 Å². The van der Waals surface area contributed by atoms with Crippen molar-refractivity contribution in [2.75, 3.05) is 19.7 Å². The number of thiophene rings is 1. The van der Waals surface area contributed by atoms with Gasteiger partial charge in [-0.3, -0.25) is 14.4 Å². The van der Waals surface area contributed by atoms with Crippen LogP contribution >= 0.6 is 11.3 Å². The molecule has 0 saturated carbocycles. The van der Waals surface area contributed by atoms with Crippen molar-refractivity contribution >= 4 is 29.1 Å². The van der Waals surface area contributed by atoms with Crippen LogP contribution in [0.4, 0.5) is 0 Å². The van der Waals surface area contributed by atoms with Gasteiger partial charge in [0.25, 0.3) is 11.8 Å². The quantitative estimate of drug-likeness (QED) is 0.705. The normalized spacial score (nSPS) is 11.4. The monoisotopic (exact) mass is 360 g/mol. The van der Waals surface area contributed by atoms with Crippen molar-refractivity contribution in [3.05, 3.63) is 58.3 Å². The number of carbonyl (C=O) groups is 3. The van der Waals surface area contributed by atoms with Crippen LogP contribution in [0.2, 0.25) is 0 Å². The molecule has 7 heteroatoms. The van der Waals surface area contributed by atoms with Crippen LogP contribution in [-0.2, 0) is 14.3 Å². The van der Waals surface area contributed by atoms with Crippen LogP contribution in [0.3, 0.4) is 0 Å². The standard InChI is InChI=1S/C18H20N2O4S/c1-13(14-6-3-2-4-7-14)10-19-16(21)12-24-17(22)11-20-18(23)15-8-5-9-25-15/h2-9,13H,10-12H2,1H3,(H,19,21)(H,20,23)/t13-/m1/s1. The SMILES string of the molecule is C[C@H](CNC(=O)COC(=O)CNC(=O)c1cccs1)c1ccccc1. The van der Waals surface area contributed by atoms with Gasteiger partial charge in [0.2, 0.25) is 0 Å². The number of nitrogens with one attached hydrogen (secondary N) is 2. The van der Waals surface area contributed by atoms with Crippen molar-refractivity contribution in [3.8, 4) is 0 Å². The molecule has 0 unspecified atom stereocenters. The van der Waals surface area contributed by atoms with Gasteiger partial charge in [0.15, 0.2) is 6.61 Å². The van der Waals surface area contributed by atoms with E-state index in [-0.39, 0.29) is 30.9 Å². The highest BCUT2D eigenvalue weighted by Crippen LogP contribution is 2.12. The number of hydrogen-bond donors (Lipinski definition) is 2. The Balaban J connectivity index is 1.62. The first-order valence-corrected chi connectivity index (χ1v) is 8.73. The summed E-state index contributed by atoms with van der Waals surface area (Å²) in [5.74, 6) is -1.21. The van der Waals surface area contributed by atoms with Crippen LogP contribution in [-0.4, -0.2) is 37.5 Å². The van der Waals surface area contributed by atoms with Gasteiger partial charge in [0.05, 0.1) is 4.88 Å². The second-order valence-corrected chi connectivity index (χ2v) is 6.38. The molecule has 1 aromatic carbocycles. The van der Waals surface area contributed by atoms with Gasteiger partial charge in [-0.15, -0.1) is 11.3 Å². The number of amides is 2. The first-order valence-electron chi connectivity index (χ1n) is 7.85. The molecule has 0 fully saturated rings. The molecule has 1 atom stereocenters. The van der Waals surface area contributed by atoms with Gasteiger partial charge in [0, 0.05) is 6.54 Å². The van der Waals surface area contributed by atoms with Crippen molar-refractivity contribution < 1.29 is 19.1 Å². The number of carbonyl (C=O) groups excluding carboxylic acids is 3. The van der Waals surface area contributed by atoms with Gasteiger partial charge >= 0.3 is 5.97 Å². The number of benzene rings is 1. The summed E-state index contributed by atoms with van der Waals surface area (Å²) in [6.45, 7) is 1.82. The van der Waals surface area contributed by atoms with E-state index >= 15 is 0 Å². The van der Waals surface area contributed by atoms with Crippen molar-refractivity contribution in [2.45, 2.75) is 12.8 Å². The molecule has 0 bridgehead atoms. The van der Waals surface area contributed by atoms with Gasteiger partial charge in [0.1, 0.15) is 6.54 Å². The number of rotatable bonds is 8. The molecule has 1 heterocycles. The van der Waals surface area contributed by atoms with Gasteiger partial charge in [-0.2, -0.15) is 0 Å². The smallest absolute Gasteiger partial charge is 0.325 e. The van der Waals surface area contributed by atoms with Crippen molar-refractivity contribution in [1.29, 1.82) is 0 Å². The molecule has 2 aromatic rings. The summed E-state index contributed by atoms with van der Waals surface area (Å²) < 4.78 is 4.85. The third kappa shape index (κ3) is 6.39. The highest BCUT2D eigenvalue weighted by atomic mass is 32.1. The lowest BCUT2D eigenvalue weighted by atomic mass is 10.0. The third-order valence-corrected chi connectivity index (χ3v) is 4.35. The molecule has 2 amide bonds. The summed E-state index contributed by atoms with van der Waals surface area (Å²) in [6.07, 6.45) is 0. The Bertz CT molecular complexity index is 701. The summed E-state index contributed by atoms with van der Waals surface area (Å²) in [5.41, 5.74) is 1.12. The average molecular weight is 360 g/mol. The second kappa shape index (κ2) is 9.58. The predicted molar refractivity (Wildman–Crippen MR) is 95.5 cm³/mol. The van der Waals surface area contributed by atoms with E-state index in [1.165, 1.54) is 11.3 Å².